The lowest BCUT2D eigenvalue weighted by Gasteiger charge is -2.23. The molecule has 11 nitrogen and oxygen atoms in total. The summed E-state index contributed by atoms with van der Waals surface area (Å²) in [6, 6.07) is 14.4. The number of aryl methyl sites for hydroxylation is 1. The Hall–Kier alpha value is -4.85. The summed E-state index contributed by atoms with van der Waals surface area (Å²) in [5.74, 6) is 0.897. The number of sulfone groups is 1. The van der Waals surface area contributed by atoms with E-state index >= 15 is 0 Å². The van der Waals surface area contributed by atoms with Gasteiger partial charge in [-0.3, -0.25) is 14.8 Å². The third-order valence-corrected chi connectivity index (χ3v) is 10.4. The van der Waals surface area contributed by atoms with Crippen molar-refractivity contribution in [2.45, 2.75) is 35.5 Å². The molecule has 0 amide bonds. The zero-order chi connectivity index (χ0) is 31.0. The van der Waals surface area contributed by atoms with E-state index in [0.717, 1.165) is 31.6 Å². The fraction of sp³-hybridized carbons (Fsp3) is 0.188. The largest absolute Gasteiger partial charge is 0.324 e. The number of hydrogen-bond donors (Lipinski definition) is 2. The molecule has 6 heterocycles. The minimum atomic E-state index is -3.81. The van der Waals surface area contributed by atoms with Gasteiger partial charge in [0.1, 0.15) is 0 Å². The van der Waals surface area contributed by atoms with Crippen molar-refractivity contribution in [3.63, 3.8) is 0 Å². The van der Waals surface area contributed by atoms with Crippen molar-refractivity contribution in [3.05, 3.63) is 106 Å². The van der Waals surface area contributed by atoms with Gasteiger partial charge >= 0.3 is 0 Å². The van der Waals surface area contributed by atoms with Gasteiger partial charge in [0, 0.05) is 47.4 Å². The topological polar surface area (TPSA) is 145 Å². The first-order valence-corrected chi connectivity index (χ1v) is 16.8. The zero-order valence-electron chi connectivity index (χ0n) is 24.2. The summed E-state index contributed by atoms with van der Waals surface area (Å²) in [5.41, 5.74) is 3.33. The van der Waals surface area contributed by atoms with Gasteiger partial charge in [-0.25, -0.2) is 23.0 Å². The van der Waals surface area contributed by atoms with Gasteiger partial charge in [0.2, 0.25) is 15.8 Å². The van der Waals surface area contributed by atoms with E-state index in [-0.39, 0.29) is 20.9 Å². The van der Waals surface area contributed by atoms with Gasteiger partial charge in [-0.2, -0.15) is 4.98 Å². The van der Waals surface area contributed by atoms with Gasteiger partial charge in [0.25, 0.3) is 5.56 Å². The molecule has 2 N–H and O–H groups in total. The van der Waals surface area contributed by atoms with E-state index in [1.54, 1.807) is 30.8 Å². The molecule has 226 valence electrons. The van der Waals surface area contributed by atoms with Gasteiger partial charge in [0.05, 0.1) is 21.0 Å². The van der Waals surface area contributed by atoms with E-state index in [9.17, 15) is 13.2 Å². The van der Waals surface area contributed by atoms with Crippen LogP contribution in [0.3, 0.4) is 0 Å². The lowest BCUT2D eigenvalue weighted by molar-refractivity contribution is 0.460. The average Bonchev–Trinajstić information content (AvgIpc) is 3.60. The molecule has 5 aromatic heterocycles. The van der Waals surface area contributed by atoms with Crippen LogP contribution in [0.25, 0.3) is 27.4 Å². The van der Waals surface area contributed by atoms with Crippen LogP contribution >= 0.6 is 11.3 Å². The van der Waals surface area contributed by atoms with E-state index in [2.05, 4.69) is 42.7 Å². The van der Waals surface area contributed by atoms with Crippen molar-refractivity contribution in [2.75, 3.05) is 18.4 Å². The maximum atomic E-state index is 14.1. The summed E-state index contributed by atoms with van der Waals surface area (Å²) < 4.78 is 27.8. The van der Waals surface area contributed by atoms with E-state index in [1.165, 1.54) is 58.3 Å². The molecule has 7 rings (SSSR count). The quantitative estimate of drug-likeness (QED) is 0.244. The molecule has 1 saturated heterocycles. The predicted molar refractivity (Wildman–Crippen MR) is 173 cm³/mol. The van der Waals surface area contributed by atoms with Crippen molar-refractivity contribution in [3.8, 4) is 16.4 Å². The fourth-order valence-electron chi connectivity index (χ4n) is 5.58. The van der Waals surface area contributed by atoms with Crippen LogP contribution in [0.1, 0.15) is 29.9 Å². The van der Waals surface area contributed by atoms with Crippen LogP contribution in [0, 0.1) is 6.92 Å². The lowest BCUT2D eigenvalue weighted by Crippen LogP contribution is -2.26. The second-order valence-corrected chi connectivity index (χ2v) is 13.6. The van der Waals surface area contributed by atoms with Gasteiger partial charge in [0.15, 0.2) is 10.8 Å². The number of piperidine rings is 1. The van der Waals surface area contributed by atoms with Gasteiger partial charge in [-0.05, 0) is 86.3 Å². The third kappa shape index (κ3) is 5.61. The number of nitrogens with zero attached hydrogens (tertiary/aromatic N) is 6. The number of benzene rings is 1. The smallest absolute Gasteiger partial charge is 0.268 e. The second-order valence-electron chi connectivity index (χ2n) is 10.8. The minimum Gasteiger partial charge on any atom is -0.324 e. The molecule has 0 radical (unpaired) electrons. The van der Waals surface area contributed by atoms with Gasteiger partial charge in [-0.1, -0.05) is 12.1 Å². The highest BCUT2D eigenvalue weighted by atomic mass is 32.2. The Labute approximate surface area is 263 Å². The molecular weight excluding hydrogens is 609 g/mol. The zero-order valence-corrected chi connectivity index (χ0v) is 25.8. The minimum absolute atomic E-state index is 0.0267. The summed E-state index contributed by atoms with van der Waals surface area (Å²) in [5, 5.41) is 9.50. The summed E-state index contributed by atoms with van der Waals surface area (Å²) in [4.78, 5) is 36.2. The van der Waals surface area contributed by atoms with E-state index in [4.69, 9.17) is 4.98 Å². The summed E-state index contributed by atoms with van der Waals surface area (Å²) in [6.45, 7) is 3.80. The number of nitrogens with one attached hydrogen (secondary N) is 2. The van der Waals surface area contributed by atoms with Crippen molar-refractivity contribution in [1.29, 1.82) is 0 Å². The van der Waals surface area contributed by atoms with Crippen molar-refractivity contribution in [2.24, 2.45) is 0 Å². The standard InChI is InChI=1S/C32H28N8O3S2/c1-20-16-26(45(42,43)25-8-12-34-13-9-25)19-36-28(20)27-17-23-18-37-31(39-29(23)40(30(27)41)32-35-14-15-44-32)38-24-4-2-21(3-5-24)22-6-10-33-11-7-22/h2-5,8-9,12-19,22,33H,6-7,10-11H2,1H3,(H,37,38,39). The Morgan fingerprint density at radius 2 is 1.71 bits per heavy atom. The maximum Gasteiger partial charge on any atom is 0.268 e. The Morgan fingerprint density at radius 1 is 0.933 bits per heavy atom. The highest BCUT2D eigenvalue weighted by Crippen LogP contribution is 2.29. The second kappa shape index (κ2) is 11.9. The first kappa shape index (κ1) is 28.9. The lowest BCUT2D eigenvalue weighted by atomic mass is 9.90. The number of fused-ring (bicyclic) bond motifs is 1. The Kier molecular flexibility index (Phi) is 7.65. The fourth-order valence-corrected chi connectivity index (χ4v) is 7.50. The van der Waals surface area contributed by atoms with Crippen LogP contribution in [0.2, 0.25) is 0 Å². The molecule has 0 atom stereocenters. The SMILES string of the molecule is Cc1cc(S(=O)(=O)c2ccncc2)cnc1-c1cc2cnc(Nc3ccc(C4CCNCC4)cc3)nc2n(-c2nccs2)c1=O. The number of rotatable bonds is 7. The van der Waals surface area contributed by atoms with Crippen LogP contribution in [0.15, 0.2) is 99.5 Å². The van der Waals surface area contributed by atoms with E-state index < -0.39 is 9.84 Å². The molecule has 13 heteroatoms. The molecule has 0 unspecified atom stereocenters. The number of aromatic nitrogens is 6. The number of pyridine rings is 3. The molecule has 1 aliphatic rings. The molecule has 0 saturated carbocycles. The summed E-state index contributed by atoms with van der Waals surface area (Å²) >= 11 is 1.30. The molecule has 45 heavy (non-hydrogen) atoms. The highest BCUT2D eigenvalue weighted by Gasteiger charge is 2.22. The maximum absolute atomic E-state index is 14.1. The number of anilines is 2. The number of hydrogen-bond acceptors (Lipinski definition) is 11. The van der Waals surface area contributed by atoms with Crippen molar-refractivity contribution >= 4 is 43.8 Å². The van der Waals surface area contributed by atoms with Crippen LogP contribution in [0.4, 0.5) is 11.6 Å². The normalized spacial score (nSPS) is 14.1. The predicted octanol–water partition coefficient (Wildman–Crippen LogP) is 5.05. The Morgan fingerprint density at radius 3 is 2.42 bits per heavy atom. The first-order chi connectivity index (χ1) is 21.9. The van der Waals surface area contributed by atoms with Crippen molar-refractivity contribution in [1.82, 2.24) is 34.8 Å². The average molecular weight is 637 g/mol. The molecule has 0 bridgehead atoms. The van der Waals surface area contributed by atoms with Crippen LogP contribution < -0.4 is 16.2 Å². The molecule has 0 aliphatic carbocycles. The van der Waals surface area contributed by atoms with E-state index in [0.29, 0.717) is 39.3 Å². The molecular formula is C32H28N8O3S2. The summed E-state index contributed by atoms with van der Waals surface area (Å²) in [7, 11) is -3.81. The molecule has 0 spiro atoms. The Bertz CT molecular complexity index is 2160. The van der Waals surface area contributed by atoms with Crippen LogP contribution in [-0.4, -0.2) is 51.0 Å². The van der Waals surface area contributed by atoms with Gasteiger partial charge in [-0.15, -0.1) is 11.3 Å². The summed E-state index contributed by atoms with van der Waals surface area (Å²) in [6.07, 6.45) is 9.65. The Balaban J connectivity index is 1.26. The first-order valence-electron chi connectivity index (χ1n) is 14.4. The van der Waals surface area contributed by atoms with E-state index in [1.807, 2.05) is 12.1 Å². The van der Waals surface area contributed by atoms with Crippen LogP contribution in [-0.2, 0) is 9.84 Å². The number of thiazole rings is 1. The molecule has 6 aromatic rings. The molecule has 1 aromatic carbocycles. The van der Waals surface area contributed by atoms with Crippen LogP contribution in [0.5, 0.6) is 0 Å². The van der Waals surface area contributed by atoms with Gasteiger partial charge < -0.3 is 10.6 Å². The van der Waals surface area contributed by atoms with Crippen molar-refractivity contribution < 1.29 is 8.42 Å². The monoisotopic (exact) mass is 636 g/mol. The third-order valence-electron chi connectivity index (χ3n) is 7.91. The molecule has 1 aliphatic heterocycles. The molecule has 1 fully saturated rings. The highest BCUT2D eigenvalue weighted by molar-refractivity contribution is 7.91.